The molecule has 2 fully saturated rings. The van der Waals surface area contributed by atoms with Gasteiger partial charge < -0.3 is 10.2 Å². The second-order valence-electron chi connectivity index (χ2n) is 4.79. The third-order valence-electron chi connectivity index (χ3n) is 3.67. The summed E-state index contributed by atoms with van der Waals surface area (Å²) in [6, 6.07) is 0. The van der Waals surface area contributed by atoms with E-state index in [1.165, 1.54) is 6.42 Å². The Morgan fingerprint density at radius 2 is 2.00 bits per heavy atom. The van der Waals surface area contributed by atoms with E-state index < -0.39 is 0 Å². The SMILES string of the molecule is O=C(CCCN1CCNCC1)C1CCC1. The quantitative estimate of drug-likeness (QED) is 0.736. The van der Waals surface area contributed by atoms with Crippen molar-refractivity contribution < 1.29 is 4.79 Å². The molecule has 2 aliphatic rings. The maximum atomic E-state index is 11.6. The third-order valence-corrected chi connectivity index (χ3v) is 3.67. The van der Waals surface area contributed by atoms with E-state index >= 15 is 0 Å². The van der Waals surface area contributed by atoms with Gasteiger partial charge in [-0.25, -0.2) is 0 Å². The van der Waals surface area contributed by atoms with E-state index in [-0.39, 0.29) is 0 Å². The second-order valence-corrected chi connectivity index (χ2v) is 4.79. The van der Waals surface area contributed by atoms with Crippen molar-refractivity contribution in [3.8, 4) is 0 Å². The summed E-state index contributed by atoms with van der Waals surface area (Å²) >= 11 is 0. The minimum absolute atomic E-state index is 0.438. The number of hydrogen-bond donors (Lipinski definition) is 1. The van der Waals surface area contributed by atoms with Crippen molar-refractivity contribution >= 4 is 5.78 Å². The molecule has 1 aliphatic heterocycles. The average molecular weight is 210 g/mol. The maximum Gasteiger partial charge on any atom is 0.136 e. The molecule has 15 heavy (non-hydrogen) atoms. The van der Waals surface area contributed by atoms with Crippen LogP contribution in [0, 0.1) is 5.92 Å². The van der Waals surface area contributed by atoms with Crippen molar-refractivity contribution in [2.45, 2.75) is 32.1 Å². The van der Waals surface area contributed by atoms with Crippen LogP contribution in [-0.2, 0) is 4.79 Å². The minimum Gasteiger partial charge on any atom is -0.314 e. The number of carbonyl (C=O) groups is 1. The molecule has 1 aliphatic carbocycles. The molecule has 0 unspecified atom stereocenters. The second kappa shape index (κ2) is 5.61. The predicted molar refractivity (Wildman–Crippen MR) is 60.9 cm³/mol. The van der Waals surface area contributed by atoms with Gasteiger partial charge in [0.2, 0.25) is 0 Å². The fourth-order valence-electron chi connectivity index (χ4n) is 2.35. The number of hydrogen-bond acceptors (Lipinski definition) is 3. The molecule has 1 saturated heterocycles. The molecule has 0 aromatic carbocycles. The molecule has 0 aromatic heterocycles. The van der Waals surface area contributed by atoms with Crippen molar-refractivity contribution in [3.63, 3.8) is 0 Å². The van der Waals surface area contributed by atoms with Crippen LogP contribution in [0.3, 0.4) is 0 Å². The Labute approximate surface area is 92.2 Å². The molecule has 0 bridgehead atoms. The molecule has 3 heteroatoms. The molecular weight excluding hydrogens is 188 g/mol. The number of Topliss-reactive ketones (excluding diaryl/α,β-unsaturated/α-hetero) is 1. The van der Waals surface area contributed by atoms with E-state index in [0.717, 1.165) is 58.4 Å². The first kappa shape index (κ1) is 11.1. The summed E-state index contributed by atoms with van der Waals surface area (Å²) in [5.74, 6) is 0.962. The lowest BCUT2D eigenvalue weighted by molar-refractivity contribution is -0.125. The van der Waals surface area contributed by atoms with E-state index in [9.17, 15) is 4.79 Å². The molecule has 0 aromatic rings. The van der Waals surface area contributed by atoms with Crippen LogP contribution in [0.2, 0.25) is 0 Å². The zero-order chi connectivity index (χ0) is 10.5. The first-order chi connectivity index (χ1) is 7.36. The van der Waals surface area contributed by atoms with Crippen molar-refractivity contribution in [3.05, 3.63) is 0 Å². The molecule has 0 spiro atoms. The Kier molecular flexibility index (Phi) is 4.15. The summed E-state index contributed by atoms with van der Waals surface area (Å²) in [4.78, 5) is 14.1. The van der Waals surface area contributed by atoms with Crippen LogP contribution in [0.25, 0.3) is 0 Å². The van der Waals surface area contributed by atoms with Crippen LogP contribution in [-0.4, -0.2) is 43.4 Å². The van der Waals surface area contributed by atoms with Gasteiger partial charge in [-0.05, 0) is 25.8 Å². The first-order valence-electron chi connectivity index (χ1n) is 6.32. The van der Waals surface area contributed by atoms with E-state index in [0.29, 0.717) is 11.7 Å². The minimum atomic E-state index is 0.438. The van der Waals surface area contributed by atoms with Crippen LogP contribution in [0.5, 0.6) is 0 Å². The van der Waals surface area contributed by atoms with Gasteiger partial charge in [0.25, 0.3) is 0 Å². The lowest BCUT2D eigenvalue weighted by Gasteiger charge is -2.28. The molecule has 1 saturated carbocycles. The number of carbonyl (C=O) groups excluding carboxylic acids is 1. The number of piperazine rings is 1. The lowest BCUT2D eigenvalue weighted by Crippen LogP contribution is -2.43. The molecule has 86 valence electrons. The summed E-state index contributed by atoms with van der Waals surface area (Å²) in [5, 5.41) is 3.34. The Balaban J connectivity index is 1.55. The number of nitrogens with zero attached hydrogens (tertiary/aromatic N) is 1. The van der Waals surface area contributed by atoms with Crippen molar-refractivity contribution in [2.75, 3.05) is 32.7 Å². The van der Waals surface area contributed by atoms with Crippen molar-refractivity contribution in [1.29, 1.82) is 0 Å². The Morgan fingerprint density at radius 3 is 2.60 bits per heavy atom. The largest absolute Gasteiger partial charge is 0.314 e. The number of ketones is 1. The molecule has 1 heterocycles. The number of rotatable bonds is 5. The van der Waals surface area contributed by atoms with Gasteiger partial charge in [-0.15, -0.1) is 0 Å². The van der Waals surface area contributed by atoms with Crippen molar-refractivity contribution in [2.24, 2.45) is 5.92 Å². The van der Waals surface area contributed by atoms with Crippen LogP contribution >= 0.6 is 0 Å². The highest BCUT2D eigenvalue weighted by Crippen LogP contribution is 2.28. The topological polar surface area (TPSA) is 32.3 Å². The van der Waals surface area contributed by atoms with Crippen LogP contribution in [0.4, 0.5) is 0 Å². The summed E-state index contributed by atoms with van der Waals surface area (Å²) in [6.45, 7) is 5.63. The van der Waals surface area contributed by atoms with Crippen LogP contribution in [0.15, 0.2) is 0 Å². The van der Waals surface area contributed by atoms with Gasteiger partial charge in [0.1, 0.15) is 5.78 Å². The normalized spacial score (nSPS) is 23.7. The van der Waals surface area contributed by atoms with Crippen LogP contribution in [0.1, 0.15) is 32.1 Å². The predicted octanol–water partition coefficient (Wildman–Crippen LogP) is 1.04. The first-order valence-corrected chi connectivity index (χ1v) is 6.32. The standard InChI is InChI=1S/C12H22N2O/c15-12(11-3-1-4-11)5-2-8-14-9-6-13-7-10-14/h11,13H,1-10H2. The molecule has 1 N–H and O–H groups in total. The molecule has 2 rings (SSSR count). The molecule has 0 amide bonds. The Hall–Kier alpha value is -0.410. The zero-order valence-electron chi connectivity index (χ0n) is 9.50. The summed E-state index contributed by atoms with van der Waals surface area (Å²) in [6.07, 6.45) is 5.47. The highest BCUT2D eigenvalue weighted by Gasteiger charge is 2.24. The van der Waals surface area contributed by atoms with Gasteiger partial charge in [0, 0.05) is 38.5 Å². The van der Waals surface area contributed by atoms with Gasteiger partial charge in [-0.2, -0.15) is 0 Å². The van der Waals surface area contributed by atoms with Gasteiger partial charge in [-0.1, -0.05) is 6.42 Å². The van der Waals surface area contributed by atoms with E-state index in [4.69, 9.17) is 0 Å². The van der Waals surface area contributed by atoms with E-state index in [1.54, 1.807) is 0 Å². The summed E-state index contributed by atoms with van der Waals surface area (Å²) in [7, 11) is 0. The summed E-state index contributed by atoms with van der Waals surface area (Å²) < 4.78 is 0. The number of nitrogens with one attached hydrogen (secondary N) is 1. The highest BCUT2D eigenvalue weighted by molar-refractivity contribution is 5.81. The van der Waals surface area contributed by atoms with Gasteiger partial charge in [0.15, 0.2) is 0 Å². The molecule has 3 nitrogen and oxygen atoms in total. The fourth-order valence-corrected chi connectivity index (χ4v) is 2.35. The third kappa shape index (κ3) is 3.28. The van der Waals surface area contributed by atoms with E-state index in [2.05, 4.69) is 10.2 Å². The van der Waals surface area contributed by atoms with E-state index in [1.807, 2.05) is 0 Å². The molecule has 0 atom stereocenters. The molecular formula is C12H22N2O. The highest BCUT2D eigenvalue weighted by atomic mass is 16.1. The van der Waals surface area contributed by atoms with Gasteiger partial charge in [0.05, 0.1) is 0 Å². The summed E-state index contributed by atoms with van der Waals surface area (Å²) in [5.41, 5.74) is 0. The van der Waals surface area contributed by atoms with Gasteiger partial charge >= 0.3 is 0 Å². The fraction of sp³-hybridized carbons (Fsp3) is 0.917. The van der Waals surface area contributed by atoms with Gasteiger partial charge in [-0.3, -0.25) is 4.79 Å². The van der Waals surface area contributed by atoms with Crippen LogP contribution < -0.4 is 5.32 Å². The Morgan fingerprint density at radius 1 is 1.27 bits per heavy atom. The lowest BCUT2D eigenvalue weighted by atomic mass is 9.81. The smallest absolute Gasteiger partial charge is 0.136 e. The molecule has 0 radical (unpaired) electrons. The zero-order valence-corrected chi connectivity index (χ0v) is 9.50. The van der Waals surface area contributed by atoms with Crippen molar-refractivity contribution in [1.82, 2.24) is 10.2 Å². The maximum absolute atomic E-state index is 11.6. The average Bonchev–Trinajstić information content (AvgIpc) is 2.16. The monoisotopic (exact) mass is 210 g/mol. The Bertz CT molecular complexity index is 208.